The van der Waals surface area contributed by atoms with Crippen molar-refractivity contribution in [2.75, 3.05) is 39.5 Å². The van der Waals surface area contributed by atoms with Crippen LogP contribution in [0.3, 0.4) is 0 Å². The fraction of sp³-hybridized carbons (Fsp3) is 0.500. The zero-order valence-electron chi connectivity index (χ0n) is 12.1. The van der Waals surface area contributed by atoms with Crippen molar-refractivity contribution in [1.29, 1.82) is 0 Å². The molecule has 1 fully saturated rings. The number of aliphatic imine (C=N–C) groups is 1. The maximum absolute atomic E-state index is 6.20. The van der Waals surface area contributed by atoms with Crippen LogP contribution >= 0.6 is 35.6 Å². The van der Waals surface area contributed by atoms with Gasteiger partial charge in [-0.05, 0) is 17.7 Å². The van der Waals surface area contributed by atoms with Crippen molar-refractivity contribution in [3.05, 3.63) is 22.7 Å². The number of guanidine groups is 1. The van der Waals surface area contributed by atoms with Crippen molar-refractivity contribution in [2.24, 2.45) is 10.7 Å². The van der Waals surface area contributed by atoms with Gasteiger partial charge in [0.25, 0.3) is 0 Å². The van der Waals surface area contributed by atoms with Crippen LogP contribution in [-0.2, 0) is 11.3 Å². The Morgan fingerprint density at radius 3 is 2.68 bits per heavy atom. The van der Waals surface area contributed by atoms with Gasteiger partial charge in [-0.3, -0.25) is 0 Å². The van der Waals surface area contributed by atoms with Crippen LogP contribution in [0.1, 0.15) is 5.56 Å². The van der Waals surface area contributed by atoms with E-state index in [0.29, 0.717) is 55.5 Å². The van der Waals surface area contributed by atoms with Gasteiger partial charge in [-0.1, -0.05) is 11.6 Å². The highest BCUT2D eigenvalue weighted by molar-refractivity contribution is 14.0. The van der Waals surface area contributed by atoms with E-state index in [0.717, 1.165) is 18.7 Å². The highest BCUT2D eigenvalue weighted by Gasteiger charge is 2.17. The molecule has 2 heterocycles. The molecule has 0 aliphatic carbocycles. The third-order valence-electron chi connectivity index (χ3n) is 3.42. The van der Waals surface area contributed by atoms with Crippen LogP contribution in [0.2, 0.25) is 5.02 Å². The molecular weight excluding hydrogens is 421 g/mol. The number of ether oxygens (including phenoxy) is 3. The number of nitrogens with zero attached hydrogens (tertiary/aromatic N) is 2. The van der Waals surface area contributed by atoms with Crippen molar-refractivity contribution in [3.63, 3.8) is 0 Å². The van der Waals surface area contributed by atoms with Crippen molar-refractivity contribution in [1.82, 2.24) is 4.90 Å². The smallest absolute Gasteiger partial charge is 0.191 e. The van der Waals surface area contributed by atoms with E-state index in [1.165, 1.54) is 0 Å². The molecule has 122 valence electrons. The van der Waals surface area contributed by atoms with Crippen LogP contribution in [0.5, 0.6) is 11.5 Å². The molecule has 1 aromatic carbocycles. The summed E-state index contributed by atoms with van der Waals surface area (Å²) in [4.78, 5) is 6.43. The van der Waals surface area contributed by atoms with Crippen LogP contribution in [-0.4, -0.2) is 50.4 Å². The molecule has 8 heteroatoms. The average molecular weight is 440 g/mol. The van der Waals surface area contributed by atoms with Gasteiger partial charge in [0, 0.05) is 13.1 Å². The van der Waals surface area contributed by atoms with Crippen LogP contribution in [0, 0.1) is 0 Å². The Morgan fingerprint density at radius 1 is 1.18 bits per heavy atom. The highest BCUT2D eigenvalue weighted by atomic mass is 127. The molecule has 0 bridgehead atoms. The fourth-order valence-corrected chi connectivity index (χ4v) is 2.61. The molecule has 2 N–H and O–H groups in total. The van der Waals surface area contributed by atoms with Gasteiger partial charge in [0.2, 0.25) is 0 Å². The van der Waals surface area contributed by atoms with Gasteiger partial charge in [0.05, 0.1) is 24.8 Å². The standard InChI is InChI=1S/C14H18ClN3O3.HI/c15-11-7-10(8-12-13(11)21-6-5-20-12)9-17-14(16)18-1-3-19-4-2-18;/h7-8H,1-6,9H2,(H2,16,17);1H. The first-order chi connectivity index (χ1) is 10.2. The number of halogens is 2. The van der Waals surface area contributed by atoms with Crippen molar-refractivity contribution >= 4 is 41.5 Å². The van der Waals surface area contributed by atoms with Gasteiger partial charge in [-0.15, -0.1) is 24.0 Å². The summed E-state index contributed by atoms with van der Waals surface area (Å²) in [6, 6.07) is 3.74. The first kappa shape index (κ1) is 17.4. The normalized spacial score (nSPS) is 17.9. The molecule has 0 radical (unpaired) electrons. The fourth-order valence-electron chi connectivity index (χ4n) is 2.32. The van der Waals surface area contributed by atoms with E-state index in [9.17, 15) is 0 Å². The van der Waals surface area contributed by atoms with E-state index < -0.39 is 0 Å². The van der Waals surface area contributed by atoms with Crippen LogP contribution in [0.25, 0.3) is 0 Å². The number of hydrogen-bond acceptors (Lipinski definition) is 4. The molecule has 0 unspecified atom stereocenters. The molecular formula is C14H19ClIN3O3. The summed E-state index contributed by atoms with van der Waals surface area (Å²) < 4.78 is 16.3. The second-order valence-corrected chi connectivity index (χ2v) is 5.28. The van der Waals surface area contributed by atoms with E-state index >= 15 is 0 Å². The Hall–Kier alpha value is -0.930. The quantitative estimate of drug-likeness (QED) is 0.433. The van der Waals surface area contributed by atoms with E-state index in [4.69, 9.17) is 31.5 Å². The summed E-state index contributed by atoms with van der Waals surface area (Å²) in [6.07, 6.45) is 0. The van der Waals surface area contributed by atoms with E-state index in [2.05, 4.69) is 4.99 Å². The lowest BCUT2D eigenvalue weighted by Gasteiger charge is -2.27. The Labute approximate surface area is 151 Å². The average Bonchev–Trinajstić information content (AvgIpc) is 2.53. The Morgan fingerprint density at radius 2 is 1.91 bits per heavy atom. The molecule has 1 saturated heterocycles. The van der Waals surface area contributed by atoms with Gasteiger partial charge < -0.3 is 24.8 Å². The summed E-state index contributed by atoms with van der Waals surface area (Å²) >= 11 is 6.20. The van der Waals surface area contributed by atoms with E-state index in [-0.39, 0.29) is 24.0 Å². The van der Waals surface area contributed by atoms with Crippen LogP contribution in [0.4, 0.5) is 0 Å². The highest BCUT2D eigenvalue weighted by Crippen LogP contribution is 2.38. The lowest BCUT2D eigenvalue weighted by atomic mass is 10.2. The number of morpholine rings is 1. The van der Waals surface area contributed by atoms with Gasteiger partial charge in [0.1, 0.15) is 13.2 Å². The lowest BCUT2D eigenvalue weighted by Crippen LogP contribution is -2.44. The molecule has 22 heavy (non-hydrogen) atoms. The molecule has 0 atom stereocenters. The van der Waals surface area contributed by atoms with E-state index in [1.54, 1.807) is 0 Å². The summed E-state index contributed by atoms with van der Waals surface area (Å²) in [5.74, 6) is 1.81. The molecule has 1 aromatic rings. The minimum absolute atomic E-state index is 0. The summed E-state index contributed by atoms with van der Waals surface area (Å²) in [5, 5.41) is 0.544. The zero-order chi connectivity index (χ0) is 14.7. The first-order valence-electron chi connectivity index (χ1n) is 6.94. The maximum Gasteiger partial charge on any atom is 0.191 e. The molecule has 6 nitrogen and oxygen atoms in total. The second-order valence-electron chi connectivity index (χ2n) is 4.88. The molecule has 3 rings (SSSR count). The third-order valence-corrected chi connectivity index (χ3v) is 3.70. The van der Waals surface area contributed by atoms with Gasteiger partial charge in [-0.2, -0.15) is 0 Å². The third kappa shape index (κ3) is 4.08. The number of rotatable bonds is 2. The number of hydrogen-bond donors (Lipinski definition) is 1. The van der Waals surface area contributed by atoms with Crippen molar-refractivity contribution in [3.8, 4) is 11.5 Å². The maximum atomic E-state index is 6.20. The molecule has 0 spiro atoms. The number of fused-ring (bicyclic) bond motifs is 1. The topological polar surface area (TPSA) is 69.3 Å². The monoisotopic (exact) mass is 439 g/mol. The largest absolute Gasteiger partial charge is 0.486 e. The van der Waals surface area contributed by atoms with E-state index in [1.807, 2.05) is 17.0 Å². The SMILES string of the molecule is I.NC(=NCc1cc(Cl)c2c(c1)OCCO2)N1CCOCC1. The van der Waals surface area contributed by atoms with Gasteiger partial charge in [-0.25, -0.2) is 4.99 Å². The van der Waals surface area contributed by atoms with Crippen LogP contribution < -0.4 is 15.2 Å². The number of nitrogens with two attached hydrogens (primary N) is 1. The number of benzene rings is 1. The Balaban J connectivity index is 0.00000176. The minimum Gasteiger partial charge on any atom is -0.486 e. The van der Waals surface area contributed by atoms with Crippen molar-refractivity contribution < 1.29 is 14.2 Å². The summed E-state index contributed by atoms with van der Waals surface area (Å²) in [7, 11) is 0. The molecule has 0 amide bonds. The molecule has 0 saturated carbocycles. The predicted octanol–water partition coefficient (Wildman–Crippen LogP) is 1.88. The summed E-state index contributed by atoms with van der Waals surface area (Å²) in [6.45, 7) is 4.44. The molecule has 2 aliphatic heterocycles. The van der Waals surface area contributed by atoms with Gasteiger partial charge >= 0.3 is 0 Å². The minimum atomic E-state index is 0. The Kier molecular flexibility index (Phi) is 6.39. The molecule has 2 aliphatic rings. The zero-order valence-corrected chi connectivity index (χ0v) is 15.2. The predicted molar refractivity (Wildman–Crippen MR) is 95.6 cm³/mol. The lowest BCUT2D eigenvalue weighted by molar-refractivity contribution is 0.0674. The van der Waals surface area contributed by atoms with Crippen LogP contribution in [0.15, 0.2) is 17.1 Å². The van der Waals surface area contributed by atoms with Gasteiger partial charge in [0.15, 0.2) is 17.5 Å². The second kappa shape index (κ2) is 8.07. The Bertz CT molecular complexity index is 550. The first-order valence-corrected chi connectivity index (χ1v) is 7.32. The summed E-state index contributed by atoms with van der Waals surface area (Å²) in [5.41, 5.74) is 6.95. The molecule has 0 aromatic heterocycles. The van der Waals surface area contributed by atoms with Crippen molar-refractivity contribution in [2.45, 2.75) is 6.54 Å².